The van der Waals surface area contributed by atoms with Crippen LogP contribution in [0.1, 0.15) is 23.2 Å². The normalized spacial score (nSPS) is 10.2. The van der Waals surface area contributed by atoms with Gasteiger partial charge >= 0.3 is 0 Å². The molecule has 2 heterocycles. The topological polar surface area (TPSA) is 68.0 Å². The van der Waals surface area contributed by atoms with Crippen LogP contribution in [-0.4, -0.2) is 15.9 Å². The average molecular weight is 252 g/mol. The Morgan fingerprint density at radius 1 is 1.41 bits per heavy atom. The maximum absolute atomic E-state index is 11.8. The summed E-state index contributed by atoms with van der Waals surface area (Å²) in [5, 5.41) is 2.67. The zero-order valence-corrected chi connectivity index (χ0v) is 9.86. The van der Waals surface area contributed by atoms with Crippen molar-refractivity contribution in [1.82, 2.24) is 9.97 Å². The molecule has 0 aliphatic heterocycles. The Kier molecular flexibility index (Phi) is 3.39. The minimum Gasteiger partial charge on any atom is -0.456 e. The molecule has 2 aromatic rings. The summed E-state index contributed by atoms with van der Waals surface area (Å²) in [6.07, 6.45) is 3.63. The molecule has 0 aliphatic rings. The van der Waals surface area contributed by atoms with Crippen LogP contribution in [0.2, 0.25) is 5.15 Å². The third-order valence-electron chi connectivity index (χ3n) is 2.12. The highest BCUT2D eigenvalue weighted by molar-refractivity contribution is 6.32. The molecule has 0 fully saturated rings. The first-order valence-corrected chi connectivity index (χ1v) is 5.45. The van der Waals surface area contributed by atoms with Crippen molar-refractivity contribution in [3.05, 3.63) is 41.2 Å². The number of hydrogen-bond donors (Lipinski definition) is 1. The third kappa shape index (κ3) is 2.62. The van der Waals surface area contributed by atoms with Crippen molar-refractivity contribution >= 4 is 23.3 Å². The van der Waals surface area contributed by atoms with Crippen molar-refractivity contribution in [2.24, 2.45) is 0 Å². The SMILES string of the molecule is CCc1ccc(C(=O)Nc2nccnc2Cl)o1. The van der Waals surface area contributed by atoms with E-state index in [9.17, 15) is 4.79 Å². The molecule has 88 valence electrons. The predicted octanol–water partition coefficient (Wildman–Crippen LogP) is 2.54. The number of amides is 1. The standard InChI is InChI=1S/C11H10ClN3O2/c1-2-7-3-4-8(17-7)11(16)15-10-9(12)13-5-6-14-10/h3-6H,2H2,1H3,(H,14,15,16). The summed E-state index contributed by atoms with van der Waals surface area (Å²) < 4.78 is 5.30. The Morgan fingerprint density at radius 2 is 2.18 bits per heavy atom. The van der Waals surface area contributed by atoms with Gasteiger partial charge in [0.05, 0.1) is 0 Å². The number of nitrogens with zero attached hydrogens (tertiary/aromatic N) is 2. The van der Waals surface area contributed by atoms with Crippen molar-refractivity contribution in [2.75, 3.05) is 5.32 Å². The van der Waals surface area contributed by atoms with E-state index in [1.807, 2.05) is 6.92 Å². The summed E-state index contributed by atoms with van der Waals surface area (Å²) in [7, 11) is 0. The van der Waals surface area contributed by atoms with Crippen molar-refractivity contribution < 1.29 is 9.21 Å². The lowest BCUT2D eigenvalue weighted by Gasteiger charge is -2.02. The van der Waals surface area contributed by atoms with Crippen LogP contribution < -0.4 is 5.32 Å². The Bertz CT molecular complexity index is 539. The van der Waals surface area contributed by atoms with Gasteiger partial charge in [0.15, 0.2) is 16.7 Å². The first-order valence-electron chi connectivity index (χ1n) is 5.07. The van der Waals surface area contributed by atoms with E-state index in [4.69, 9.17) is 16.0 Å². The number of aryl methyl sites for hydroxylation is 1. The zero-order chi connectivity index (χ0) is 12.3. The van der Waals surface area contributed by atoms with Crippen LogP contribution in [-0.2, 0) is 6.42 Å². The second-order valence-electron chi connectivity index (χ2n) is 3.27. The van der Waals surface area contributed by atoms with Crippen LogP contribution in [0.3, 0.4) is 0 Å². The van der Waals surface area contributed by atoms with E-state index in [1.54, 1.807) is 12.1 Å². The second-order valence-corrected chi connectivity index (χ2v) is 3.63. The molecule has 0 atom stereocenters. The lowest BCUT2D eigenvalue weighted by molar-refractivity contribution is 0.0994. The molecule has 1 amide bonds. The number of carbonyl (C=O) groups excluding carboxylic acids is 1. The molecule has 0 bridgehead atoms. The van der Waals surface area contributed by atoms with Gasteiger partial charge in [0, 0.05) is 18.8 Å². The van der Waals surface area contributed by atoms with Crippen molar-refractivity contribution in [3.63, 3.8) is 0 Å². The quantitative estimate of drug-likeness (QED) is 0.910. The van der Waals surface area contributed by atoms with Crippen LogP contribution in [0.25, 0.3) is 0 Å². The van der Waals surface area contributed by atoms with E-state index in [2.05, 4.69) is 15.3 Å². The molecule has 0 saturated heterocycles. The Balaban J connectivity index is 2.14. The molecule has 17 heavy (non-hydrogen) atoms. The number of hydrogen-bond acceptors (Lipinski definition) is 4. The molecule has 6 heteroatoms. The Labute approximate surface area is 103 Å². The van der Waals surface area contributed by atoms with E-state index in [-0.39, 0.29) is 16.7 Å². The van der Waals surface area contributed by atoms with Gasteiger partial charge in [-0.05, 0) is 12.1 Å². The predicted molar refractivity (Wildman–Crippen MR) is 63.1 cm³/mol. The molecular weight excluding hydrogens is 242 g/mol. The molecule has 0 aromatic carbocycles. The highest BCUT2D eigenvalue weighted by atomic mass is 35.5. The maximum atomic E-state index is 11.8. The van der Waals surface area contributed by atoms with E-state index in [1.165, 1.54) is 12.4 Å². The maximum Gasteiger partial charge on any atom is 0.292 e. The molecule has 0 aliphatic carbocycles. The van der Waals surface area contributed by atoms with Gasteiger partial charge in [0.25, 0.3) is 5.91 Å². The van der Waals surface area contributed by atoms with E-state index >= 15 is 0 Å². The summed E-state index contributed by atoms with van der Waals surface area (Å²) in [6, 6.07) is 3.37. The van der Waals surface area contributed by atoms with Gasteiger partial charge in [-0.25, -0.2) is 9.97 Å². The molecule has 5 nitrogen and oxygen atoms in total. The number of rotatable bonds is 3. The molecule has 0 spiro atoms. The summed E-state index contributed by atoms with van der Waals surface area (Å²) in [5.41, 5.74) is 0. The number of carbonyl (C=O) groups is 1. The van der Waals surface area contributed by atoms with Gasteiger partial charge < -0.3 is 9.73 Å². The fourth-order valence-corrected chi connectivity index (χ4v) is 1.42. The van der Waals surface area contributed by atoms with Crippen molar-refractivity contribution in [3.8, 4) is 0 Å². The van der Waals surface area contributed by atoms with Crippen LogP contribution in [0.4, 0.5) is 5.82 Å². The van der Waals surface area contributed by atoms with Gasteiger partial charge in [-0.15, -0.1) is 0 Å². The number of halogens is 1. The summed E-state index contributed by atoms with van der Waals surface area (Å²) in [5.74, 6) is 0.796. The summed E-state index contributed by atoms with van der Waals surface area (Å²) in [4.78, 5) is 19.5. The Morgan fingerprint density at radius 3 is 2.82 bits per heavy atom. The smallest absolute Gasteiger partial charge is 0.292 e. The average Bonchev–Trinajstić information content (AvgIpc) is 2.81. The minimum atomic E-state index is -0.396. The first kappa shape index (κ1) is 11.6. The van der Waals surface area contributed by atoms with Crippen molar-refractivity contribution in [1.29, 1.82) is 0 Å². The first-order chi connectivity index (χ1) is 8.20. The minimum absolute atomic E-state index is 0.142. The molecule has 2 rings (SSSR count). The molecule has 0 saturated carbocycles. The molecular formula is C11H10ClN3O2. The lowest BCUT2D eigenvalue weighted by atomic mass is 10.3. The monoisotopic (exact) mass is 251 g/mol. The molecule has 0 unspecified atom stereocenters. The Hall–Kier alpha value is -1.88. The third-order valence-corrected chi connectivity index (χ3v) is 2.40. The van der Waals surface area contributed by atoms with Gasteiger partial charge in [-0.3, -0.25) is 4.79 Å². The van der Waals surface area contributed by atoms with E-state index in [0.29, 0.717) is 0 Å². The fraction of sp³-hybridized carbons (Fsp3) is 0.182. The van der Waals surface area contributed by atoms with Crippen LogP contribution >= 0.6 is 11.6 Å². The van der Waals surface area contributed by atoms with Crippen LogP contribution in [0.5, 0.6) is 0 Å². The molecule has 1 N–H and O–H groups in total. The van der Waals surface area contributed by atoms with E-state index in [0.717, 1.165) is 12.2 Å². The van der Waals surface area contributed by atoms with Crippen LogP contribution in [0.15, 0.2) is 28.9 Å². The largest absolute Gasteiger partial charge is 0.456 e. The summed E-state index contributed by atoms with van der Waals surface area (Å²) >= 11 is 5.77. The number of aromatic nitrogens is 2. The second kappa shape index (κ2) is 4.97. The highest BCUT2D eigenvalue weighted by Gasteiger charge is 2.13. The molecule has 0 radical (unpaired) electrons. The van der Waals surface area contributed by atoms with E-state index < -0.39 is 5.91 Å². The highest BCUT2D eigenvalue weighted by Crippen LogP contribution is 2.16. The van der Waals surface area contributed by atoms with Gasteiger partial charge in [0.1, 0.15) is 5.76 Å². The van der Waals surface area contributed by atoms with Crippen molar-refractivity contribution in [2.45, 2.75) is 13.3 Å². The zero-order valence-electron chi connectivity index (χ0n) is 9.11. The van der Waals surface area contributed by atoms with Gasteiger partial charge in [0.2, 0.25) is 0 Å². The van der Waals surface area contributed by atoms with Crippen LogP contribution in [0, 0.1) is 0 Å². The number of anilines is 1. The molecule has 2 aromatic heterocycles. The van der Waals surface area contributed by atoms with Gasteiger partial charge in [-0.2, -0.15) is 0 Å². The number of furan rings is 1. The summed E-state index contributed by atoms with van der Waals surface area (Å²) in [6.45, 7) is 1.94. The van der Waals surface area contributed by atoms with Gasteiger partial charge in [-0.1, -0.05) is 18.5 Å². The fourth-order valence-electron chi connectivity index (χ4n) is 1.26. The number of nitrogens with one attached hydrogen (secondary N) is 1. The lowest BCUT2D eigenvalue weighted by Crippen LogP contribution is -2.12.